The Balaban J connectivity index is 1.47. The fourth-order valence-electron chi connectivity index (χ4n) is 3.65. The van der Waals surface area contributed by atoms with Crippen molar-refractivity contribution < 1.29 is 10.2 Å². The van der Waals surface area contributed by atoms with E-state index in [1.54, 1.807) is 36.7 Å². The van der Waals surface area contributed by atoms with Crippen molar-refractivity contribution in [2.75, 3.05) is 0 Å². The van der Waals surface area contributed by atoms with E-state index in [1.807, 2.05) is 50.2 Å². The van der Waals surface area contributed by atoms with Gasteiger partial charge in [0.15, 0.2) is 0 Å². The van der Waals surface area contributed by atoms with Crippen molar-refractivity contribution in [2.45, 2.75) is 20.3 Å². The van der Waals surface area contributed by atoms with Crippen LogP contribution in [0.3, 0.4) is 0 Å². The maximum Gasteiger partial charge on any atom is 0.124 e. The number of phenols is 2. The van der Waals surface area contributed by atoms with Crippen LogP contribution in [-0.2, 0) is 6.42 Å². The monoisotopic (exact) mass is 434 g/mol. The molecule has 4 rings (SSSR count). The Labute approximate surface area is 194 Å². The summed E-state index contributed by atoms with van der Waals surface area (Å²) in [5, 5.41) is 19.8. The van der Waals surface area contributed by atoms with Crippen molar-refractivity contribution in [2.24, 2.45) is 9.98 Å². The van der Waals surface area contributed by atoms with E-state index in [-0.39, 0.29) is 11.5 Å². The van der Waals surface area contributed by atoms with E-state index in [2.05, 4.69) is 34.3 Å². The van der Waals surface area contributed by atoms with Gasteiger partial charge in [-0.05, 0) is 78.9 Å². The number of aryl methyl sites for hydroxylation is 2. The van der Waals surface area contributed by atoms with Gasteiger partial charge >= 0.3 is 0 Å². The predicted octanol–water partition coefficient (Wildman–Crippen LogP) is 6.81. The van der Waals surface area contributed by atoms with E-state index in [0.717, 1.165) is 28.9 Å². The molecule has 0 unspecified atom stereocenters. The molecular formula is C29H26N2O2. The summed E-state index contributed by atoms with van der Waals surface area (Å²) < 4.78 is 0. The average molecular weight is 435 g/mol. The van der Waals surface area contributed by atoms with Gasteiger partial charge in [-0.2, -0.15) is 0 Å². The third kappa shape index (κ3) is 5.55. The van der Waals surface area contributed by atoms with Gasteiger partial charge in [-0.3, -0.25) is 9.98 Å². The van der Waals surface area contributed by atoms with Gasteiger partial charge in [-0.25, -0.2) is 0 Å². The Kier molecular flexibility index (Phi) is 6.65. The van der Waals surface area contributed by atoms with Crippen molar-refractivity contribution in [3.63, 3.8) is 0 Å². The first-order valence-electron chi connectivity index (χ1n) is 10.8. The molecule has 0 bridgehead atoms. The molecule has 0 aliphatic carbocycles. The minimum Gasteiger partial charge on any atom is -0.507 e. The fraction of sp³-hybridized carbons (Fsp3) is 0.103. The molecule has 0 radical (unpaired) electrons. The Morgan fingerprint density at radius 1 is 0.606 bits per heavy atom. The molecule has 0 aromatic heterocycles. The van der Waals surface area contributed by atoms with Crippen LogP contribution in [0.2, 0.25) is 0 Å². The molecule has 0 heterocycles. The van der Waals surface area contributed by atoms with E-state index in [1.165, 1.54) is 11.1 Å². The van der Waals surface area contributed by atoms with Gasteiger partial charge in [0.2, 0.25) is 0 Å². The maximum absolute atomic E-state index is 9.90. The van der Waals surface area contributed by atoms with Crippen LogP contribution in [0.4, 0.5) is 11.4 Å². The van der Waals surface area contributed by atoms with E-state index in [9.17, 15) is 10.2 Å². The molecule has 0 spiro atoms. The van der Waals surface area contributed by atoms with Crippen LogP contribution in [0.25, 0.3) is 0 Å². The lowest BCUT2D eigenvalue weighted by Gasteiger charge is -2.08. The largest absolute Gasteiger partial charge is 0.507 e. The van der Waals surface area contributed by atoms with Crippen LogP contribution < -0.4 is 0 Å². The molecule has 0 saturated carbocycles. The van der Waals surface area contributed by atoms with Crippen molar-refractivity contribution in [3.8, 4) is 11.5 Å². The number of aliphatic imine (C=N–C) groups is 2. The summed E-state index contributed by atoms with van der Waals surface area (Å²) in [6.45, 7) is 4.09. The van der Waals surface area contributed by atoms with Gasteiger partial charge in [-0.15, -0.1) is 0 Å². The number of benzene rings is 4. The molecule has 0 aliphatic rings. The number of para-hydroxylation sites is 2. The van der Waals surface area contributed by atoms with Gasteiger partial charge in [0, 0.05) is 23.6 Å². The molecule has 0 atom stereocenters. The lowest BCUT2D eigenvalue weighted by atomic mass is 10.0. The van der Waals surface area contributed by atoms with E-state index < -0.39 is 0 Å². The number of hydrogen-bond acceptors (Lipinski definition) is 4. The molecule has 33 heavy (non-hydrogen) atoms. The highest BCUT2D eigenvalue weighted by atomic mass is 16.3. The molecule has 4 heteroatoms. The lowest BCUT2D eigenvalue weighted by Crippen LogP contribution is -1.91. The Hall–Kier alpha value is -4.18. The first-order valence-corrected chi connectivity index (χ1v) is 10.8. The number of phenolic OH excluding ortho intramolecular Hbond substituents is 2. The molecule has 4 aromatic carbocycles. The van der Waals surface area contributed by atoms with Crippen LogP contribution in [0, 0.1) is 13.8 Å². The third-order valence-electron chi connectivity index (χ3n) is 5.49. The summed E-state index contributed by atoms with van der Waals surface area (Å²) in [7, 11) is 0. The molecule has 0 saturated heterocycles. The summed E-state index contributed by atoms with van der Waals surface area (Å²) >= 11 is 0. The molecule has 0 amide bonds. The summed E-state index contributed by atoms with van der Waals surface area (Å²) in [5.74, 6) is 0.443. The minimum absolute atomic E-state index is 0.222. The summed E-state index contributed by atoms with van der Waals surface area (Å²) in [5.41, 5.74) is 7.74. The van der Waals surface area contributed by atoms with Gasteiger partial charge in [0.05, 0.1) is 11.4 Å². The number of hydrogen-bond donors (Lipinski definition) is 2. The SMILES string of the molecule is Cc1cc(Cc2ccc(N=Cc3ccccc3O)c(C)c2)ccc1N=Cc1ccccc1O. The van der Waals surface area contributed by atoms with E-state index in [0.29, 0.717) is 11.1 Å². The second kappa shape index (κ2) is 9.96. The quantitative estimate of drug-likeness (QED) is 0.328. The first-order chi connectivity index (χ1) is 16.0. The van der Waals surface area contributed by atoms with Crippen LogP contribution >= 0.6 is 0 Å². The highest BCUT2D eigenvalue weighted by Crippen LogP contribution is 2.25. The van der Waals surface area contributed by atoms with Gasteiger partial charge in [0.1, 0.15) is 11.5 Å². The summed E-state index contributed by atoms with van der Waals surface area (Å²) in [6, 6.07) is 26.8. The van der Waals surface area contributed by atoms with Crippen molar-refractivity contribution >= 4 is 23.8 Å². The van der Waals surface area contributed by atoms with Gasteiger partial charge in [0.25, 0.3) is 0 Å². The van der Waals surface area contributed by atoms with Crippen LogP contribution in [0.1, 0.15) is 33.4 Å². The summed E-state index contributed by atoms with van der Waals surface area (Å²) in [4.78, 5) is 9.09. The lowest BCUT2D eigenvalue weighted by molar-refractivity contribution is 0.474. The molecular weight excluding hydrogens is 408 g/mol. The maximum atomic E-state index is 9.90. The molecule has 4 nitrogen and oxygen atoms in total. The van der Waals surface area contributed by atoms with Crippen LogP contribution in [0.15, 0.2) is 94.9 Å². The number of aromatic hydroxyl groups is 2. The predicted molar refractivity (Wildman–Crippen MR) is 136 cm³/mol. The zero-order valence-corrected chi connectivity index (χ0v) is 18.7. The first kappa shape index (κ1) is 22.0. The number of nitrogens with zero attached hydrogens (tertiary/aromatic N) is 2. The van der Waals surface area contributed by atoms with Crippen molar-refractivity contribution in [1.82, 2.24) is 0 Å². The zero-order chi connectivity index (χ0) is 23.2. The summed E-state index contributed by atoms with van der Waals surface area (Å²) in [6.07, 6.45) is 4.19. The van der Waals surface area contributed by atoms with E-state index >= 15 is 0 Å². The van der Waals surface area contributed by atoms with Crippen LogP contribution in [0.5, 0.6) is 11.5 Å². The molecule has 164 valence electrons. The Bertz CT molecular complexity index is 1240. The number of rotatable bonds is 6. The molecule has 0 aliphatic heterocycles. The van der Waals surface area contributed by atoms with Crippen molar-refractivity contribution in [3.05, 3.63) is 118 Å². The standard InChI is InChI=1S/C29H26N2O2/c1-20-15-22(11-13-26(20)30-18-24-7-3-5-9-28(24)32)17-23-12-14-27(21(2)16-23)31-19-25-8-4-6-10-29(25)33/h3-16,18-19,32-33H,17H2,1-2H3. The van der Waals surface area contributed by atoms with E-state index in [4.69, 9.17) is 0 Å². The third-order valence-corrected chi connectivity index (χ3v) is 5.49. The second-order valence-electron chi connectivity index (χ2n) is 8.05. The normalized spacial score (nSPS) is 11.5. The highest BCUT2D eigenvalue weighted by molar-refractivity contribution is 5.86. The minimum atomic E-state index is 0.222. The molecule has 0 fully saturated rings. The molecule has 2 N–H and O–H groups in total. The van der Waals surface area contributed by atoms with Gasteiger partial charge in [-0.1, -0.05) is 48.5 Å². The average Bonchev–Trinajstić information content (AvgIpc) is 2.80. The van der Waals surface area contributed by atoms with Crippen molar-refractivity contribution in [1.29, 1.82) is 0 Å². The fourth-order valence-corrected chi connectivity index (χ4v) is 3.65. The van der Waals surface area contributed by atoms with Gasteiger partial charge < -0.3 is 10.2 Å². The smallest absolute Gasteiger partial charge is 0.124 e. The topological polar surface area (TPSA) is 65.2 Å². The Morgan fingerprint density at radius 2 is 1.03 bits per heavy atom. The molecule has 4 aromatic rings. The Morgan fingerprint density at radius 3 is 1.42 bits per heavy atom. The highest BCUT2D eigenvalue weighted by Gasteiger charge is 2.04. The van der Waals surface area contributed by atoms with Crippen LogP contribution in [-0.4, -0.2) is 22.6 Å². The second-order valence-corrected chi connectivity index (χ2v) is 8.05. The zero-order valence-electron chi connectivity index (χ0n) is 18.7.